The number of carbonyl (C=O) groups excluding carboxylic acids is 2. The molecule has 0 amide bonds. The number of halogens is 1. The Balaban J connectivity index is 2.86. The van der Waals surface area contributed by atoms with Crippen LogP contribution in [0.5, 0.6) is 0 Å². The van der Waals surface area contributed by atoms with Gasteiger partial charge >= 0.3 is 0 Å². The highest BCUT2D eigenvalue weighted by Gasteiger charge is 2.24. The fourth-order valence-electron chi connectivity index (χ4n) is 1.31. The number of ketones is 2. The third-order valence-corrected chi connectivity index (χ3v) is 2.30. The average Bonchev–Trinajstić information content (AvgIpc) is 2.28. The Morgan fingerprint density at radius 2 is 2.00 bits per heavy atom. The maximum atomic E-state index is 13.3. The Bertz CT molecular complexity index is 401. The van der Waals surface area contributed by atoms with Gasteiger partial charge in [0.1, 0.15) is 12.4 Å². The quantitative estimate of drug-likeness (QED) is 0.566. The summed E-state index contributed by atoms with van der Waals surface area (Å²) < 4.78 is 17.9. The van der Waals surface area contributed by atoms with Crippen LogP contribution in [0.1, 0.15) is 17.3 Å². The molecule has 0 fully saturated rings. The number of methoxy groups -OCH3 is 1. The Kier molecular flexibility index (Phi) is 4.31. The summed E-state index contributed by atoms with van der Waals surface area (Å²) >= 11 is 0. The van der Waals surface area contributed by atoms with E-state index in [1.807, 2.05) is 0 Å². The second kappa shape index (κ2) is 5.51. The topological polar surface area (TPSA) is 43.4 Å². The summed E-state index contributed by atoms with van der Waals surface area (Å²) in [6.07, 6.45) is 0. The summed E-state index contributed by atoms with van der Waals surface area (Å²) in [5.74, 6) is -2.35. The molecule has 86 valence electrons. The minimum Gasteiger partial charge on any atom is -0.377 e. The van der Waals surface area contributed by atoms with Crippen molar-refractivity contribution in [3.05, 3.63) is 35.6 Å². The van der Waals surface area contributed by atoms with Crippen LogP contribution < -0.4 is 0 Å². The summed E-state index contributed by atoms with van der Waals surface area (Å²) in [5, 5.41) is 0. The van der Waals surface area contributed by atoms with Gasteiger partial charge in [0.2, 0.25) is 0 Å². The fraction of sp³-hybridized carbons (Fsp3) is 0.333. The molecule has 0 aliphatic heterocycles. The van der Waals surface area contributed by atoms with Crippen LogP contribution in [0.3, 0.4) is 0 Å². The first kappa shape index (κ1) is 12.5. The minimum absolute atomic E-state index is 0.0561. The van der Waals surface area contributed by atoms with E-state index in [2.05, 4.69) is 4.74 Å². The number of Topliss-reactive ketones (excluding diaryl/α,β-unsaturated/α-hetero) is 2. The fourth-order valence-corrected chi connectivity index (χ4v) is 1.31. The van der Waals surface area contributed by atoms with E-state index in [-0.39, 0.29) is 18.0 Å². The molecule has 0 saturated heterocycles. The zero-order chi connectivity index (χ0) is 12.1. The lowest BCUT2D eigenvalue weighted by molar-refractivity contribution is -0.124. The van der Waals surface area contributed by atoms with Crippen molar-refractivity contribution in [2.45, 2.75) is 6.92 Å². The number of hydrogen-bond acceptors (Lipinski definition) is 3. The van der Waals surface area contributed by atoms with E-state index < -0.39 is 17.5 Å². The summed E-state index contributed by atoms with van der Waals surface area (Å²) in [6.45, 7) is 1.32. The first-order chi connectivity index (χ1) is 7.57. The highest BCUT2D eigenvalue weighted by Crippen LogP contribution is 2.13. The van der Waals surface area contributed by atoms with Crippen LogP contribution in [-0.2, 0) is 9.53 Å². The molecule has 0 saturated carbocycles. The van der Waals surface area contributed by atoms with Gasteiger partial charge < -0.3 is 4.74 Å². The largest absolute Gasteiger partial charge is 0.377 e. The normalized spacial score (nSPS) is 12.2. The molecule has 1 aromatic carbocycles. The van der Waals surface area contributed by atoms with Gasteiger partial charge in [-0.3, -0.25) is 9.59 Å². The van der Waals surface area contributed by atoms with Crippen molar-refractivity contribution >= 4 is 11.6 Å². The highest BCUT2D eigenvalue weighted by molar-refractivity contribution is 6.10. The van der Waals surface area contributed by atoms with Crippen LogP contribution in [0.2, 0.25) is 0 Å². The molecule has 0 aliphatic carbocycles. The molecule has 3 nitrogen and oxygen atoms in total. The van der Waals surface area contributed by atoms with Crippen molar-refractivity contribution in [1.29, 1.82) is 0 Å². The first-order valence-electron chi connectivity index (χ1n) is 4.88. The summed E-state index contributed by atoms with van der Waals surface area (Å²) in [6, 6.07) is 5.62. The maximum Gasteiger partial charge on any atom is 0.176 e. The van der Waals surface area contributed by atoms with Gasteiger partial charge in [0.15, 0.2) is 11.6 Å². The Labute approximate surface area is 93.2 Å². The van der Waals surface area contributed by atoms with E-state index in [9.17, 15) is 14.0 Å². The van der Waals surface area contributed by atoms with Crippen molar-refractivity contribution < 1.29 is 18.7 Å². The first-order valence-corrected chi connectivity index (χ1v) is 4.88. The SMILES string of the molecule is COCC(=O)C(C)C(=O)c1ccccc1F. The summed E-state index contributed by atoms with van der Waals surface area (Å²) in [5.41, 5.74) is -0.0561. The van der Waals surface area contributed by atoms with E-state index in [4.69, 9.17) is 0 Å². The molecule has 0 heterocycles. The van der Waals surface area contributed by atoms with E-state index in [1.165, 1.54) is 32.2 Å². The molecule has 4 heteroatoms. The van der Waals surface area contributed by atoms with Crippen LogP contribution in [0.4, 0.5) is 4.39 Å². The second-order valence-electron chi connectivity index (χ2n) is 3.47. The van der Waals surface area contributed by atoms with Crippen LogP contribution in [0, 0.1) is 11.7 Å². The monoisotopic (exact) mass is 224 g/mol. The lowest BCUT2D eigenvalue weighted by Crippen LogP contribution is -2.25. The zero-order valence-corrected chi connectivity index (χ0v) is 9.20. The number of benzene rings is 1. The smallest absolute Gasteiger partial charge is 0.176 e. The van der Waals surface area contributed by atoms with E-state index in [0.29, 0.717) is 0 Å². The molecule has 1 rings (SSSR count). The Hall–Kier alpha value is -1.55. The Morgan fingerprint density at radius 3 is 2.56 bits per heavy atom. The molecule has 16 heavy (non-hydrogen) atoms. The number of carbonyl (C=O) groups is 2. The standard InChI is InChI=1S/C12H13FO3/c1-8(11(14)7-16-2)12(15)9-5-3-4-6-10(9)13/h3-6,8H,7H2,1-2H3. The van der Waals surface area contributed by atoms with Crippen molar-refractivity contribution in [3.8, 4) is 0 Å². The third-order valence-electron chi connectivity index (χ3n) is 2.30. The van der Waals surface area contributed by atoms with E-state index >= 15 is 0 Å². The molecule has 0 bridgehead atoms. The van der Waals surface area contributed by atoms with Gasteiger partial charge in [0.25, 0.3) is 0 Å². The summed E-state index contributed by atoms with van der Waals surface area (Å²) in [7, 11) is 1.37. The molecule has 0 radical (unpaired) electrons. The van der Waals surface area contributed by atoms with Gasteiger partial charge in [-0.25, -0.2) is 4.39 Å². The Morgan fingerprint density at radius 1 is 1.38 bits per heavy atom. The molecule has 0 aliphatic rings. The molecular weight excluding hydrogens is 211 g/mol. The predicted molar refractivity (Wildman–Crippen MR) is 56.8 cm³/mol. The van der Waals surface area contributed by atoms with Crippen LogP contribution >= 0.6 is 0 Å². The average molecular weight is 224 g/mol. The molecule has 0 N–H and O–H groups in total. The predicted octanol–water partition coefficient (Wildman–Crippen LogP) is 1.86. The van der Waals surface area contributed by atoms with Crippen LogP contribution in [0.25, 0.3) is 0 Å². The van der Waals surface area contributed by atoms with Crippen LogP contribution in [0.15, 0.2) is 24.3 Å². The maximum absolute atomic E-state index is 13.3. The number of hydrogen-bond donors (Lipinski definition) is 0. The second-order valence-corrected chi connectivity index (χ2v) is 3.47. The number of ether oxygens (including phenoxy) is 1. The molecule has 1 aromatic rings. The number of rotatable bonds is 5. The van der Waals surface area contributed by atoms with E-state index in [0.717, 1.165) is 0 Å². The van der Waals surface area contributed by atoms with Gasteiger partial charge in [-0.2, -0.15) is 0 Å². The third kappa shape index (κ3) is 2.73. The lowest BCUT2D eigenvalue weighted by Gasteiger charge is -2.09. The molecule has 0 spiro atoms. The lowest BCUT2D eigenvalue weighted by atomic mass is 9.95. The van der Waals surface area contributed by atoms with E-state index in [1.54, 1.807) is 6.07 Å². The van der Waals surface area contributed by atoms with Crippen molar-refractivity contribution in [3.63, 3.8) is 0 Å². The van der Waals surface area contributed by atoms with Crippen molar-refractivity contribution in [1.82, 2.24) is 0 Å². The summed E-state index contributed by atoms with van der Waals surface area (Å²) in [4.78, 5) is 23.2. The molecule has 1 atom stereocenters. The van der Waals surface area contributed by atoms with Crippen molar-refractivity contribution in [2.24, 2.45) is 5.92 Å². The van der Waals surface area contributed by atoms with Gasteiger partial charge in [0, 0.05) is 7.11 Å². The minimum atomic E-state index is -0.878. The van der Waals surface area contributed by atoms with Gasteiger partial charge in [-0.1, -0.05) is 12.1 Å². The molecular formula is C12H13FO3. The van der Waals surface area contributed by atoms with Crippen molar-refractivity contribution in [2.75, 3.05) is 13.7 Å². The molecule has 1 unspecified atom stereocenters. The van der Waals surface area contributed by atoms with Gasteiger partial charge in [-0.05, 0) is 19.1 Å². The zero-order valence-electron chi connectivity index (χ0n) is 9.20. The van der Waals surface area contributed by atoms with Gasteiger partial charge in [0.05, 0.1) is 11.5 Å². The van der Waals surface area contributed by atoms with Crippen LogP contribution in [-0.4, -0.2) is 25.3 Å². The highest BCUT2D eigenvalue weighted by atomic mass is 19.1. The molecule has 0 aromatic heterocycles. The van der Waals surface area contributed by atoms with Gasteiger partial charge in [-0.15, -0.1) is 0 Å².